The van der Waals surface area contributed by atoms with Crippen LogP contribution in [-0.4, -0.2) is 40.0 Å². The molecule has 10 heteroatoms. The summed E-state index contributed by atoms with van der Waals surface area (Å²) in [5.74, 6) is 1.07. The fourth-order valence-electron chi connectivity index (χ4n) is 2.26. The van der Waals surface area contributed by atoms with Crippen molar-refractivity contribution in [2.75, 3.05) is 6.61 Å². The molecule has 2 aromatic rings. The van der Waals surface area contributed by atoms with Crippen molar-refractivity contribution in [1.29, 1.82) is 0 Å². The molecule has 0 bridgehead atoms. The van der Waals surface area contributed by atoms with E-state index in [0.29, 0.717) is 11.5 Å². The lowest BCUT2D eigenvalue weighted by Crippen LogP contribution is -2.45. The number of nitrogens with zero attached hydrogens (tertiary/aromatic N) is 2. The number of rotatable bonds is 5. The van der Waals surface area contributed by atoms with Crippen molar-refractivity contribution in [1.82, 2.24) is 20.8 Å². The predicted molar refractivity (Wildman–Crippen MR) is 96.7 cm³/mol. The molecule has 144 valence electrons. The van der Waals surface area contributed by atoms with E-state index in [0.717, 1.165) is 11.8 Å². The number of thioether (sulfide) groups is 1. The number of hydrogen-bond donors (Lipinski definition) is 2. The molecule has 0 radical (unpaired) electrons. The Balaban J connectivity index is 1.56. The van der Waals surface area contributed by atoms with E-state index in [1.165, 1.54) is 0 Å². The van der Waals surface area contributed by atoms with Gasteiger partial charge in [-0.1, -0.05) is 23.9 Å². The Morgan fingerprint density at radius 1 is 1.19 bits per heavy atom. The Hall–Kier alpha value is -2.75. The van der Waals surface area contributed by atoms with E-state index in [-0.39, 0.29) is 23.8 Å². The highest BCUT2D eigenvalue weighted by molar-refractivity contribution is 8.00. The summed E-state index contributed by atoms with van der Waals surface area (Å²) in [4.78, 5) is 23.7. The first-order valence-corrected chi connectivity index (χ1v) is 9.30. The number of urea groups is 1. The molecule has 1 aliphatic rings. The second-order valence-corrected chi connectivity index (χ2v) is 7.44. The summed E-state index contributed by atoms with van der Waals surface area (Å²) in [5, 5.41) is 12.4. The van der Waals surface area contributed by atoms with Gasteiger partial charge in [-0.2, -0.15) is 0 Å². The molecule has 0 aliphatic carbocycles. The number of carbonyl (C=O) groups is 2. The number of fused-ring (bicyclic) bond motifs is 1. The molecular weight excluding hydrogens is 372 g/mol. The third-order valence-electron chi connectivity index (χ3n) is 3.51. The Labute approximate surface area is 160 Å². The van der Waals surface area contributed by atoms with Crippen LogP contribution in [0.1, 0.15) is 32.8 Å². The van der Waals surface area contributed by atoms with E-state index in [1.54, 1.807) is 26.8 Å². The average Bonchev–Trinajstić information content (AvgIpc) is 3.09. The van der Waals surface area contributed by atoms with E-state index in [4.69, 9.17) is 13.9 Å². The highest BCUT2D eigenvalue weighted by atomic mass is 32.2. The van der Waals surface area contributed by atoms with Crippen LogP contribution in [0.3, 0.4) is 0 Å². The molecule has 3 rings (SSSR count). The quantitative estimate of drug-likeness (QED) is 0.745. The Morgan fingerprint density at radius 2 is 1.93 bits per heavy atom. The number of nitrogens with one attached hydrogen (secondary N) is 2. The van der Waals surface area contributed by atoms with E-state index >= 15 is 0 Å². The first-order chi connectivity index (χ1) is 12.9. The number of ether oxygens (including phenoxy) is 2. The van der Waals surface area contributed by atoms with Gasteiger partial charge in [0.15, 0.2) is 11.5 Å². The number of amides is 3. The highest BCUT2D eigenvalue weighted by Crippen LogP contribution is 2.36. The van der Waals surface area contributed by atoms with Crippen molar-refractivity contribution in [3.05, 3.63) is 30.2 Å². The molecule has 0 fully saturated rings. The van der Waals surface area contributed by atoms with E-state index in [2.05, 4.69) is 20.8 Å². The van der Waals surface area contributed by atoms with Crippen LogP contribution in [0.15, 0.2) is 33.9 Å². The van der Waals surface area contributed by atoms with Crippen molar-refractivity contribution in [2.24, 2.45) is 0 Å². The maximum Gasteiger partial charge on any atom is 0.321 e. The van der Waals surface area contributed by atoms with Crippen LogP contribution in [0.5, 0.6) is 11.5 Å². The van der Waals surface area contributed by atoms with Crippen LogP contribution in [0, 0.1) is 0 Å². The number of aromatic nitrogens is 2. The zero-order valence-electron chi connectivity index (χ0n) is 15.1. The smallest absolute Gasteiger partial charge is 0.321 e. The third-order valence-corrected chi connectivity index (χ3v) is 4.44. The van der Waals surface area contributed by atoms with Gasteiger partial charge in [0.1, 0.15) is 6.61 Å². The van der Waals surface area contributed by atoms with Crippen LogP contribution >= 0.6 is 11.8 Å². The van der Waals surface area contributed by atoms with E-state index < -0.39 is 23.3 Å². The van der Waals surface area contributed by atoms with Crippen molar-refractivity contribution >= 4 is 23.7 Å². The molecular formula is C17H20N4O5S. The topological polar surface area (TPSA) is 116 Å². The van der Waals surface area contributed by atoms with Gasteiger partial charge in [0.25, 0.3) is 11.1 Å². The van der Waals surface area contributed by atoms with Gasteiger partial charge in [-0.15, -0.1) is 10.2 Å². The molecule has 0 saturated heterocycles. The SMILES string of the molecule is CC(C)NC(=O)NC(=O)[C@H](C)Sc1nnc([C@@H]2COc3ccccc3O2)o1. The van der Waals surface area contributed by atoms with Gasteiger partial charge in [-0.25, -0.2) is 4.79 Å². The van der Waals surface area contributed by atoms with Crippen molar-refractivity contribution in [3.8, 4) is 11.5 Å². The summed E-state index contributed by atoms with van der Waals surface area (Å²) in [7, 11) is 0. The minimum Gasteiger partial charge on any atom is -0.485 e. The maximum absolute atomic E-state index is 12.1. The molecule has 3 amide bonds. The molecule has 0 spiro atoms. The fourth-order valence-corrected chi connectivity index (χ4v) is 2.95. The van der Waals surface area contributed by atoms with Crippen LogP contribution in [0.25, 0.3) is 0 Å². The number of carbonyl (C=O) groups excluding carboxylic acids is 2. The molecule has 1 aromatic carbocycles. The molecule has 0 unspecified atom stereocenters. The zero-order valence-corrected chi connectivity index (χ0v) is 15.9. The number of para-hydroxylation sites is 2. The Morgan fingerprint density at radius 3 is 2.67 bits per heavy atom. The molecule has 2 N–H and O–H groups in total. The number of imide groups is 1. The highest BCUT2D eigenvalue weighted by Gasteiger charge is 2.28. The lowest BCUT2D eigenvalue weighted by Gasteiger charge is -2.23. The standard InChI is InChI=1S/C17H20N4O5S/c1-9(2)18-16(23)19-14(22)10(3)27-17-21-20-15(26-17)13-8-24-11-6-4-5-7-12(11)25-13/h4-7,9-10,13H,8H2,1-3H3,(H2,18,19,22,23)/t10-,13-/m0/s1. The van der Waals surface area contributed by atoms with Crippen molar-refractivity contribution in [3.63, 3.8) is 0 Å². The Kier molecular flexibility index (Phi) is 5.84. The lowest BCUT2D eigenvalue weighted by molar-refractivity contribution is -0.119. The summed E-state index contributed by atoms with van der Waals surface area (Å²) >= 11 is 1.05. The van der Waals surface area contributed by atoms with Gasteiger partial charge in [-0.05, 0) is 32.9 Å². The van der Waals surface area contributed by atoms with Gasteiger partial charge in [0.05, 0.1) is 5.25 Å². The molecule has 2 atom stereocenters. The summed E-state index contributed by atoms with van der Waals surface area (Å²) in [6.07, 6.45) is -0.525. The first kappa shape index (κ1) is 19.0. The van der Waals surface area contributed by atoms with Crippen molar-refractivity contribution in [2.45, 2.75) is 43.4 Å². The predicted octanol–water partition coefficient (Wildman–Crippen LogP) is 2.30. The lowest BCUT2D eigenvalue weighted by atomic mass is 10.2. The number of benzene rings is 1. The van der Waals surface area contributed by atoms with E-state index in [9.17, 15) is 9.59 Å². The van der Waals surface area contributed by atoms with Gasteiger partial charge >= 0.3 is 6.03 Å². The van der Waals surface area contributed by atoms with Gasteiger partial charge in [-0.3, -0.25) is 10.1 Å². The molecule has 0 saturated carbocycles. The second-order valence-electron chi connectivity index (χ2n) is 6.15. The second kappa shape index (κ2) is 8.30. The van der Waals surface area contributed by atoms with Crippen LogP contribution < -0.4 is 20.1 Å². The monoisotopic (exact) mass is 392 g/mol. The summed E-state index contributed by atoms with van der Waals surface area (Å²) in [5.41, 5.74) is 0. The van der Waals surface area contributed by atoms with Crippen molar-refractivity contribution < 1.29 is 23.5 Å². The van der Waals surface area contributed by atoms with E-state index in [1.807, 2.05) is 18.2 Å². The third kappa shape index (κ3) is 4.91. The summed E-state index contributed by atoms with van der Waals surface area (Å²) in [6, 6.07) is 6.70. The molecule has 1 aliphatic heterocycles. The van der Waals surface area contributed by atoms with Gasteiger partial charge in [0.2, 0.25) is 12.0 Å². The zero-order chi connectivity index (χ0) is 19.4. The minimum absolute atomic E-state index is 0.0675. The number of hydrogen-bond acceptors (Lipinski definition) is 8. The Bertz CT molecular complexity index is 825. The molecule has 9 nitrogen and oxygen atoms in total. The molecule has 1 aromatic heterocycles. The average molecular weight is 392 g/mol. The maximum atomic E-state index is 12.1. The fraction of sp³-hybridized carbons (Fsp3) is 0.412. The first-order valence-electron chi connectivity index (χ1n) is 8.42. The molecule has 2 heterocycles. The summed E-state index contributed by atoms with van der Waals surface area (Å²) in [6.45, 7) is 5.49. The summed E-state index contributed by atoms with van der Waals surface area (Å²) < 4.78 is 17.0. The largest absolute Gasteiger partial charge is 0.485 e. The van der Waals surface area contributed by atoms with Crippen LogP contribution in [-0.2, 0) is 4.79 Å². The van der Waals surface area contributed by atoms with Crippen LogP contribution in [0.4, 0.5) is 4.79 Å². The van der Waals surface area contributed by atoms with Gasteiger partial charge < -0.3 is 19.2 Å². The molecule has 27 heavy (non-hydrogen) atoms. The minimum atomic E-state index is -0.597. The van der Waals surface area contributed by atoms with Gasteiger partial charge in [0, 0.05) is 6.04 Å². The van der Waals surface area contributed by atoms with Crippen LogP contribution in [0.2, 0.25) is 0 Å². The normalized spacial score (nSPS) is 16.7.